The molecule has 0 spiro atoms. The van der Waals surface area contributed by atoms with Crippen molar-refractivity contribution in [1.29, 1.82) is 0 Å². The molecular formula is C9H9ClN4. The Kier molecular flexibility index (Phi) is 2.45. The van der Waals surface area contributed by atoms with Crippen LogP contribution in [0.15, 0.2) is 24.5 Å². The van der Waals surface area contributed by atoms with E-state index in [-0.39, 0.29) is 0 Å². The van der Waals surface area contributed by atoms with E-state index < -0.39 is 0 Å². The minimum Gasteiger partial charge on any atom is -0.329 e. The van der Waals surface area contributed by atoms with Crippen molar-refractivity contribution in [3.8, 4) is 0 Å². The summed E-state index contributed by atoms with van der Waals surface area (Å²) in [6, 6.07) is 3.59. The van der Waals surface area contributed by atoms with Gasteiger partial charge in [0.25, 0.3) is 0 Å². The molecule has 0 radical (unpaired) electrons. The topological polar surface area (TPSA) is 43.6 Å². The molecule has 2 heterocycles. The first-order valence-electron chi connectivity index (χ1n) is 4.21. The van der Waals surface area contributed by atoms with Gasteiger partial charge in [0.2, 0.25) is 0 Å². The van der Waals surface area contributed by atoms with Gasteiger partial charge in [-0.15, -0.1) is 5.10 Å². The monoisotopic (exact) mass is 208 g/mol. The molecule has 0 aliphatic carbocycles. The van der Waals surface area contributed by atoms with E-state index in [9.17, 15) is 0 Å². The molecule has 2 aromatic rings. The quantitative estimate of drug-likeness (QED) is 0.754. The van der Waals surface area contributed by atoms with Crippen LogP contribution in [0.3, 0.4) is 0 Å². The Bertz CT molecular complexity index is 421. The number of hydrogen-bond acceptors (Lipinski definition) is 3. The van der Waals surface area contributed by atoms with Crippen molar-refractivity contribution < 1.29 is 0 Å². The molecule has 14 heavy (non-hydrogen) atoms. The maximum absolute atomic E-state index is 5.63. The van der Waals surface area contributed by atoms with Gasteiger partial charge < -0.3 is 4.57 Å². The summed E-state index contributed by atoms with van der Waals surface area (Å²) in [5.41, 5.74) is 0.871. The van der Waals surface area contributed by atoms with Crippen LogP contribution >= 0.6 is 11.6 Å². The van der Waals surface area contributed by atoms with Crippen molar-refractivity contribution in [2.75, 3.05) is 0 Å². The smallest absolute Gasteiger partial charge is 0.151 e. The van der Waals surface area contributed by atoms with Crippen LogP contribution in [0.1, 0.15) is 11.5 Å². The summed E-state index contributed by atoms with van der Waals surface area (Å²) in [6.07, 6.45) is 3.67. The van der Waals surface area contributed by atoms with Gasteiger partial charge >= 0.3 is 0 Å². The lowest BCUT2D eigenvalue weighted by atomic mass is 10.4. The van der Waals surface area contributed by atoms with Crippen LogP contribution in [-0.2, 0) is 6.54 Å². The molecule has 4 nitrogen and oxygen atoms in total. The highest BCUT2D eigenvalue weighted by atomic mass is 35.5. The molecule has 0 N–H and O–H groups in total. The maximum Gasteiger partial charge on any atom is 0.151 e. The fourth-order valence-electron chi connectivity index (χ4n) is 1.17. The van der Waals surface area contributed by atoms with Gasteiger partial charge in [0, 0.05) is 12.4 Å². The molecular weight excluding hydrogens is 200 g/mol. The van der Waals surface area contributed by atoms with Gasteiger partial charge in [-0.05, 0) is 19.1 Å². The van der Waals surface area contributed by atoms with Crippen molar-refractivity contribution in [2.45, 2.75) is 13.5 Å². The van der Waals surface area contributed by atoms with Gasteiger partial charge in [0.15, 0.2) is 5.15 Å². The fourth-order valence-corrected chi connectivity index (χ4v) is 1.27. The molecule has 2 rings (SSSR count). The maximum atomic E-state index is 5.63. The SMILES string of the molecule is Cc1nccn1Cc1ccc(Cl)nn1. The number of aryl methyl sites for hydroxylation is 1. The Hall–Kier alpha value is -1.42. The summed E-state index contributed by atoms with van der Waals surface area (Å²) in [5.74, 6) is 0.960. The highest BCUT2D eigenvalue weighted by Gasteiger charge is 2.00. The van der Waals surface area contributed by atoms with Crippen LogP contribution in [0.2, 0.25) is 5.15 Å². The number of rotatable bonds is 2. The van der Waals surface area contributed by atoms with Gasteiger partial charge in [0.05, 0.1) is 12.2 Å². The summed E-state index contributed by atoms with van der Waals surface area (Å²) in [4.78, 5) is 4.12. The molecule has 0 aromatic carbocycles. The number of halogens is 1. The number of nitrogens with zero attached hydrogens (tertiary/aromatic N) is 4. The van der Waals surface area contributed by atoms with Crippen LogP contribution in [0.5, 0.6) is 0 Å². The second-order valence-electron chi connectivity index (χ2n) is 2.95. The summed E-state index contributed by atoms with van der Waals surface area (Å²) in [7, 11) is 0. The van der Waals surface area contributed by atoms with Gasteiger partial charge in [-0.2, -0.15) is 5.10 Å². The minimum atomic E-state index is 0.413. The van der Waals surface area contributed by atoms with E-state index in [2.05, 4.69) is 15.2 Å². The Morgan fingerprint density at radius 1 is 1.36 bits per heavy atom. The van der Waals surface area contributed by atoms with E-state index in [0.29, 0.717) is 11.7 Å². The predicted molar refractivity (Wildman–Crippen MR) is 53.1 cm³/mol. The van der Waals surface area contributed by atoms with Crippen LogP contribution in [-0.4, -0.2) is 19.7 Å². The second kappa shape index (κ2) is 3.75. The normalized spacial score (nSPS) is 10.4. The first-order valence-corrected chi connectivity index (χ1v) is 4.59. The zero-order valence-electron chi connectivity index (χ0n) is 7.68. The molecule has 0 aliphatic heterocycles. The standard InChI is InChI=1S/C9H9ClN4/c1-7-11-4-5-14(7)6-8-2-3-9(10)13-12-8/h2-5H,6H2,1H3. The average molecular weight is 209 g/mol. The molecule has 0 unspecified atom stereocenters. The molecule has 0 amide bonds. The van der Waals surface area contributed by atoms with E-state index in [1.807, 2.05) is 23.8 Å². The summed E-state index contributed by atoms with van der Waals surface area (Å²) < 4.78 is 2.00. The molecule has 0 fully saturated rings. The van der Waals surface area contributed by atoms with E-state index >= 15 is 0 Å². The summed E-state index contributed by atoms with van der Waals surface area (Å²) >= 11 is 5.63. The highest BCUT2D eigenvalue weighted by Crippen LogP contribution is 2.05. The molecule has 0 saturated heterocycles. The highest BCUT2D eigenvalue weighted by molar-refractivity contribution is 6.29. The van der Waals surface area contributed by atoms with Crippen molar-refractivity contribution in [1.82, 2.24) is 19.7 Å². The Labute approximate surface area is 86.6 Å². The van der Waals surface area contributed by atoms with Gasteiger partial charge in [-0.1, -0.05) is 11.6 Å². The number of imidazole rings is 1. The predicted octanol–water partition coefficient (Wildman–Crippen LogP) is 1.68. The molecule has 2 aromatic heterocycles. The fraction of sp³-hybridized carbons (Fsp3) is 0.222. The molecule has 0 aliphatic rings. The Morgan fingerprint density at radius 2 is 2.21 bits per heavy atom. The number of hydrogen-bond donors (Lipinski definition) is 0. The zero-order chi connectivity index (χ0) is 9.97. The molecule has 0 bridgehead atoms. The minimum absolute atomic E-state index is 0.413. The third kappa shape index (κ3) is 1.90. The van der Waals surface area contributed by atoms with Gasteiger partial charge in [0.1, 0.15) is 5.82 Å². The Morgan fingerprint density at radius 3 is 2.79 bits per heavy atom. The van der Waals surface area contributed by atoms with Crippen molar-refractivity contribution in [3.05, 3.63) is 41.2 Å². The summed E-state index contributed by atoms with van der Waals surface area (Å²) in [6.45, 7) is 2.62. The van der Waals surface area contributed by atoms with Crippen LogP contribution in [0.25, 0.3) is 0 Å². The lowest BCUT2D eigenvalue weighted by Gasteiger charge is -2.02. The largest absolute Gasteiger partial charge is 0.329 e. The van der Waals surface area contributed by atoms with E-state index in [1.54, 1.807) is 12.3 Å². The lowest BCUT2D eigenvalue weighted by molar-refractivity contribution is 0.726. The van der Waals surface area contributed by atoms with E-state index in [4.69, 9.17) is 11.6 Å². The molecule has 0 saturated carbocycles. The van der Waals surface area contributed by atoms with Crippen molar-refractivity contribution >= 4 is 11.6 Å². The van der Waals surface area contributed by atoms with Crippen LogP contribution in [0.4, 0.5) is 0 Å². The van der Waals surface area contributed by atoms with Crippen molar-refractivity contribution in [2.24, 2.45) is 0 Å². The van der Waals surface area contributed by atoms with Crippen LogP contribution < -0.4 is 0 Å². The van der Waals surface area contributed by atoms with Gasteiger partial charge in [-0.25, -0.2) is 4.98 Å². The molecule has 5 heteroatoms. The van der Waals surface area contributed by atoms with Crippen molar-refractivity contribution in [3.63, 3.8) is 0 Å². The molecule has 72 valence electrons. The van der Waals surface area contributed by atoms with E-state index in [0.717, 1.165) is 11.5 Å². The first-order chi connectivity index (χ1) is 6.75. The first kappa shape index (κ1) is 9.15. The van der Waals surface area contributed by atoms with Gasteiger partial charge in [-0.3, -0.25) is 0 Å². The average Bonchev–Trinajstić information content (AvgIpc) is 2.56. The number of aromatic nitrogens is 4. The van der Waals surface area contributed by atoms with Crippen LogP contribution in [0, 0.1) is 6.92 Å². The lowest BCUT2D eigenvalue weighted by Crippen LogP contribution is -2.03. The zero-order valence-corrected chi connectivity index (χ0v) is 8.44. The Balaban J connectivity index is 2.19. The third-order valence-corrected chi connectivity index (χ3v) is 2.14. The van der Waals surface area contributed by atoms with E-state index in [1.165, 1.54) is 0 Å². The second-order valence-corrected chi connectivity index (χ2v) is 3.34. The molecule has 0 atom stereocenters. The summed E-state index contributed by atoms with van der Waals surface area (Å²) in [5, 5.41) is 8.15. The third-order valence-electron chi connectivity index (χ3n) is 1.94.